The van der Waals surface area contributed by atoms with Crippen LogP contribution in [0.3, 0.4) is 0 Å². The summed E-state index contributed by atoms with van der Waals surface area (Å²) in [6.45, 7) is 3.99. The van der Waals surface area contributed by atoms with Crippen LogP contribution in [0.25, 0.3) is 10.8 Å². The molecule has 2 heteroatoms. The lowest BCUT2D eigenvalue weighted by Crippen LogP contribution is -2.37. The molecule has 1 fully saturated rings. The van der Waals surface area contributed by atoms with Crippen molar-refractivity contribution in [2.45, 2.75) is 38.5 Å². The van der Waals surface area contributed by atoms with Crippen molar-refractivity contribution in [2.24, 2.45) is 0 Å². The van der Waals surface area contributed by atoms with Crippen LogP contribution >= 0.6 is 0 Å². The van der Waals surface area contributed by atoms with E-state index in [0.717, 1.165) is 26.0 Å². The Hall–Kier alpha value is -1.38. The van der Waals surface area contributed by atoms with E-state index in [4.69, 9.17) is 4.74 Å². The minimum absolute atomic E-state index is 0.392. The molecule has 0 aromatic heterocycles. The molecule has 2 aromatic carbocycles. The van der Waals surface area contributed by atoms with Crippen molar-refractivity contribution in [1.82, 2.24) is 5.32 Å². The maximum Gasteiger partial charge on any atom is 0.0561 e. The number of ether oxygens (including phenoxy) is 1. The molecule has 19 heavy (non-hydrogen) atoms. The molecule has 0 amide bonds. The van der Waals surface area contributed by atoms with Crippen LogP contribution in [-0.2, 0) is 11.3 Å². The highest BCUT2D eigenvalue weighted by molar-refractivity contribution is 5.82. The first-order chi connectivity index (χ1) is 9.31. The van der Waals surface area contributed by atoms with E-state index in [-0.39, 0.29) is 0 Å². The summed E-state index contributed by atoms with van der Waals surface area (Å²) in [6.07, 6.45) is 2.63. The highest BCUT2D eigenvalue weighted by atomic mass is 16.5. The van der Waals surface area contributed by atoms with Crippen LogP contribution in [0.5, 0.6) is 0 Å². The molecular formula is C17H21NO. The predicted molar refractivity (Wildman–Crippen MR) is 79.2 cm³/mol. The minimum Gasteiger partial charge on any atom is -0.378 e. The average molecular weight is 255 g/mol. The maximum atomic E-state index is 5.58. The van der Waals surface area contributed by atoms with Gasteiger partial charge in [0, 0.05) is 19.2 Å². The number of benzene rings is 2. The molecule has 2 atom stereocenters. The highest BCUT2D eigenvalue weighted by Crippen LogP contribution is 2.17. The first-order valence-electron chi connectivity index (χ1n) is 7.14. The fourth-order valence-corrected chi connectivity index (χ4v) is 2.79. The van der Waals surface area contributed by atoms with Gasteiger partial charge in [0.05, 0.1) is 6.10 Å². The van der Waals surface area contributed by atoms with E-state index in [1.54, 1.807) is 0 Å². The van der Waals surface area contributed by atoms with Gasteiger partial charge in [-0.3, -0.25) is 0 Å². The molecule has 1 heterocycles. The molecule has 0 spiro atoms. The Morgan fingerprint density at radius 3 is 2.84 bits per heavy atom. The number of nitrogens with one attached hydrogen (secondary N) is 1. The summed E-state index contributed by atoms with van der Waals surface area (Å²) < 4.78 is 5.58. The van der Waals surface area contributed by atoms with Crippen LogP contribution in [-0.4, -0.2) is 18.8 Å². The molecule has 0 saturated carbocycles. The molecule has 3 rings (SSSR count). The number of hydrogen-bond acceptors (Lipinski definition) is 2. The van der Waals surface area contributed by atoms with Crippen LogP contribution in [0, 0.1) is 0 Å². The van der Waals surface area contributed by atoms with Crippen LogP contribution in [0.15, 0.2) is 42.5 Å². The van der Waals surface area contributed by atoms with Crippen LogP contribution < -0.4 is 5.32 Å². The molecule has 1 aliphatic heterocycles. The second-order valence-corrected chi connectivity index (χ2v) is 5.47. The highest BCUT2D eigenvalue weighted by Gasteiger charge is 2.18. The monoisotopic (exact) mass is 255 g/mol. The topological polar surface area (TPSA) is 21.3 Å². The molecule has 1 N–H and O–H groups in total. The predicted octanol–water partition coefficient (Wildman–Crippen LogP) is 3.50. The van der Waals surface area contributed by atoms with Crippen molar-refractivity contribution in [3.8, 4) is 0 Å². The molecule has 2 nitrogen and oxygen atoms in total. The smallest absolute Gasteiger partial charge is 0.0561 e. The van der Waals surface area contributed by atoms with E-state index >= 15 is 0 Å². The van der Waals surface area contributed by atoms with E-state index in [1.807, 2.05) is 0 Å². The van der Waals surface area contributed by atoms with Crippen molar-refractivity contribution in [3.05, 3.63) is 48.0 Å². The zero-order valence-electron chi connectivity index (χ0n) is 11.4. The molecule has 100 valence electrons. The molecule has 2 aromatic rings. The number of rotatable bonds is 3. The molecule has 1 saturated heterocycles. The molecule has 2 unspecified atom stereocenters. The summed E-state index contributed by atoms with van der Waals surface area (Å²) in [6, 6.07) is 15.8. The van der Waals surface area contributed by atoms with Gasteiger partial charge in [0.2, 0.25) is 0 Å². The van der Waals surface area contributed by atoms with Gasteiger partial charge in [0.15, 0.2) is 0 Å². The van der Waals surface area contributed by atoms with Crippen LogP contribution in [0.4, 0.5) is 0 Å². The van der Waals surface area contributed by atoms with Gasteiger partial charge in [-0.25, -0.2) is 0 Å². The van der Waals surface area contributed by atoms with Crippen molar-refractivity contribution in [2.75, 3.05) is 6.61 Å². The first kappa shape index (κ1) is 12.6. The summed E-state index contributed by atoms with van der Waals surface area (Å²) in [5.41, 5.74) is 1.36. The lowest BCUT2D eigenvalue weighted by Gasteiger charge is -2.28. The average Bonchev–Trinajstić information content (AvgIpc) is 2.45. The SMILES string of the molecule is CC1CC(NCc2ccc3ccccc3c2)CCO1. The Morgan fingerprint density at radius 2 is 2.00 bits per heavy atom. The third-order valence-electron chi connectivity index (χ3n) is 3.89. The fraction of sp³-hybridized carbons (Fsp3) is 0.412. The number of fused-ring (bicyclic) bond motifs is 1. The summed E-state index contributed by atoms with van der Waals surface area (Å²) in [5, 5.41) is 6.29. The van der Waals surface area contributed by atoms with E-state index in [0.29, 0.717) is 12.1 Å². The second kappa shape index (κ2) is 5.72. The largest absolute Gasteiger partial charge is 0.378 e. The van der Waals surface area contributed by atoms with Crippen molar-refractivity contribution < 1.29 is 4.74 Å². The summed E-state index contributed by atoms with van der Waals surface area (Å²) in [4.78, 5) is 0. The van der Waals surface area contributed by atoms with Gasteiger partial charge < -0.3 is 10.1 Å². The van der Waals surface area contributed by atoms with Gasteiger partial charge in [-0.1, -0.05) is 36.4 Å². The van der Waals surface area contributed by atoms with Gasteiger partial charge in [-0.05, 0) is 42.2 Å². The van der Waals surface area contributed by atoms with E-state index in [9.17, 15) is 0 Å². The molecule has 0 radical (unpaired) electrons. The zero-order valence-corrected chi connectivity index (χ0v) is 11.4. The first-order valence-corrected chi connectivity index (χ1v) is 7.14. The number of hydrogen-bond donors (Lipinski definition) is 1. The molecule has 0 bridgehead atoms. The molecule has 1 aliphatic rings. The summed E-state index contributed by atoms with van der Waals surface area (Å²) in [7, 11) is 0. The molecular weight excluding hydrogens is 234 g/mol. The lowest BCUT2D eigenvalue weighted by atomic mass is 10.0. The Morgan fingerprint density at radius 1 is 1.16 bits per heavy atom. The van der Waals surface area contributed by atoms with Crippen LogP contribution in [0.2, 0.25) is 0 Å². The molecule has 0 aliphatic carbocycles. The van der Waals surface area contributed by atoms with E-state index in [1.165, 1.54) is 16.3 Å². The van der Waals surface area contributed by atoms with Crippen molar-refractivity contribution in [3.63, 3.8) is 0 Å². The quantitative estimate of drug-likeness (QED) is 0.906. The standard InChI is InChI=1S/C17H21NO/c1-13-10-17(8-9-19-13)18-12-14-6-7-15-4-2-3-5-16(15)11-14/h2-7,11,13,17-18H,8-10,12H2,1H3. The van der Waals surface area contributed by atoms with Gasteiger partial charge >= 0.3 is 0 Å². The summed E-state index contributed by atoms with van der Waals surface area (Å²) >= 11 is 0. The Balaban J connectivity index is 1.64. The normalized spacial score (nSPS) is 23.6. The Bertz CT molecular complexity index is 552. The summed E-state index contributed by atoms with van der Waals surface area (Å²) in [5.74, 6) is 0. The minimum atomic E-state index is 0.392. The van der Waals surface area contributed by atoms with Gasteiger partial charge in [0.1, 0.15) is 0 Å². The Labute approximate surface area is 114 Å². The van der Waals surface area contributed by atoms with Crippen molar-refractivity contribution >= 4 is 10.8 Å². The third kappa shape index (κ3) is 3.14. The maximum absolute atomic E-state index is 5.58. The fourth-order valence-electron chi connectivity index (χ4n) is 2.79. The zero-order chi connectivity index (χ0) is 13.1. The van der Waals surface area contributed by atoms with Crippen molar-refractivity contribution in [1.29, 1.82) is 0 Å². The van der Waals surface area contributed by atoms with Gasteiger partial charge in [-0.2, -0.15) is 0 Å². The second-order valence-electron chi connectivity index (χ2n) is 5.47. The Kier molecular flexibility index (Phi) is 3.81. The third-order valence-corrected chi connectivity index (χ3v) is 3.89. The van der Waals surface area contributed by atoms with Gasteiger partial charge in [-0.15, -0.1) is 0 Å². The lowest BCUT2D eigenvalue weighted by molar-refractivity contribution is 0.0130. The van der Waals surface area contributed by atoms with E-state index in [2.05, 4.69) is 54.7 Å². The van der Waals surface area contributed by atoms with E-state index < -0.39 is 0 Å². The van der Waals surface area contributed by atoms with Crippen LogP contribution in [0.1, 0.15) is 25.3 Å². The van der Waals surface area contributed by atoms with Gasteiger partial charge in [0.25, 0.3) is 0 Å².